The zero-order chi connectivity index (χ0) is 8.81. The molecule has 0 atom stereocenters. The number of benzene rings is 1. The van der Waals surface area contributed by atoms with Crippen molar-refractivity contribution in [1.82, 2.24) is 0 Å². The Hall–Kier alpha value is -1.50. The number of rotatable bonds is 1. The molecule has 0 unspecified atom stereocenters. The maximum atomic E-state index is 5.45. The van der Waals surface area contributed by atoms with Crippen LogP contribution in [0.3, 0.4) is 0 Å². The van der Waals surface area contributed by atoms with Crippen LogP contribution in [0.2, 0.25) is 0 Å². The predicted octanol–water partition coefficient (Wildman–Crippen LogP) is 0.740. The second-order valence-electron chi connectivity index (χ2n) is 2.49. The maximum absolute atomic E-state index is 5.45. The van der Waals surface area contributed by atoms with Gasteiger partial charge in [-0.3, -0.25) is 0 Å². The third kappa shape index (κ3) is 1.99. The van der Waals surface area contributed by atoms with Crippen LogP contribution in [0.15, 0.2) is 36.4 Å². The van der Waals surface area contributed by atoms with Gasteiger partial charge in [0.05, 0.1) is 0 Å². The molecule has 62 valence electrons. The largest absolute Gasteiger partial charge is 0.404 e. The van der Waals surface area contributed by atoms with Gasteiger partial charge in [0.1, 0.15) is 0 Å². The third-order valence-corrected chi connectivity index (χ3v) is 1.64. The Labute approximate surface area is 72.5 Å². The molecule has 0 aliphatic heterocycles. The van der Waals surface area contributed by atoms with Crippen molar-refractivity contribution in [3.63, 3.8) is 0 Å². The lowest BCUT2D eigenvalue weighted by atomic mass is 10.2. The van der Waals surface area contributed by atoms with E-state index in [1.165, 1.54) is 0 Å². The molecule has 0 spiro atoms. The van der Waals surface area contributed by atoms with Crippen molar-refractivity contribution in [1.29, 1.82) is 0 Å². The Morgan fingerprint density at radius 2 is 1.83 bits per heavy atom. The first-order chi connectivity index (χ1) is 5.88. The summed E-state index contributed by atoms with van der Waals surface area (Å²) < 4.78 is 0. The quantitative estimate of drug-likeness (QED) is 0.642. The summed E-state index contributed by atoms with van der Waals surface area (Å²) in [5.41, 5.74) is 5.45. The minimum absolute atomic E-state index is 1.07. The summed E-state index contributed by atoms with van der Waals surface area (Å²) in [6.07, 6.45) is 7.66. The molecule has 0 saturated carbocycles. The van der Waals surface area contributed by atoms with Crippen molar-refractivity contribution in [3.8, 4) is 0 Å². The first kappa shape index (κ1) is 8.60. The van der Waals surface area contributed by atoms with Crippen LogP contribution < -0.4 is 16.2 Å². The summed E-state index contributed by atoms with van der Waals surface area (Å²) >= 11 is 0. The van der Waals surface area contributed by atoms with Crippen LogP contribution >= 0.6 is 0 Å². The normalized spacial score (nSPS) is 14.4. The minimum atomic E-state index is 1.07. The summed E-state index contributed by atoms with van der Waals surface area (Å²) in [6.45, 7) is 1.99. The smallest absolute Gasteiger partial charge is 0.00175 e. The van der Waals surface area contributed by atoms with E-state index in [9.17, 15) is 0 Å². The summed E-state index contributed by atoms with van der Waals surface area (Å²) in [7, 11) is 0. The lowest BCUT2D eigenvalue weighted by molar-refractivity contribution is 1.49. The van der Waals surface area contributed by atoms with E-state index in [4.69, 9.17) is 5.73 Å². The monoisotopic (exact) mass is 159 g/mol. The Morgan fingerprint density at radius 1 is 1.17 bits per heavy atom. The zero-order valence-electron chi connectivity index (χ0n) is 7.20. The van der Waals surface area contributed by atoms with Crippen LogP contribution in [-0.4, -0.2) is 0 Å². The molecular weight excluding hydrogens is 146 g/mol. The van der Waals surface area contributed by atoms with Crippen molar-refractivity contribution >= 4 is 12.3 Å². The molecular formula is C11H13N. The highest BCUT2D eigenvalue weighted by atomic mass is 14.5. The fraction of sp³-hybridized carbons (Fsp3) is 0.0909. The lowest BCUT2D eigenvalue weighted by Crippen LogP contribution is -2.24. The van der Waals surface area contributed by atoms with Crippen LogP contribution in [-0.2, 0) is 0 Å². The highest BCUT2D eigenvalue weighted by Gasteiger charge is 1.78. The molecule has 1 heteroatoms. The molecule has 2 N–H and O–H groups in total. The van der Waals surface area contributed by atoms with Gasteiger partial charge in [0.2, 0.25) is 0 Å². The number of hydrogen-bond donors (Lipinski definition) is 1. The van der Waals surface area contributed by atoms with E-state index in [0.29, 0.717) is 0 Å². The van der Waals surface area contributed by atoms with E-state index in [2.05, 4.69) is 0 Å². The van der Waals surface area contributed by atoms with Gasteiger partial charge in [-0.25, -0.2) is 0 Å². The van der Waals surface area contributed by atoms with Gasteiger partial charge in [0.15, 0.2) is 0 Å². The molecule has 1 nitrogen and oxygen atoms in total. The van der Waals surface area contributed by atoms with Gasteiger partial charge in [-0.05, 0) is 17.4 Å². The van der Waals surface area contributed by atoms with Gasteiger partial charge in [-0.2, -0.15) is 0 Å². The third-order valence-electron chi connectivity index (χ3n) is 1.64. The molecule has 1 rings (SSSR count). The van der Waals surface area contributed by atoms with Crippen molar-refractivity contribution < 1.29 is 0 Å². The molecule has 1 aromatic carbocycles. The molecule has 0 aliphatic carbocycles. The highest BCUT2D eigenvalue weighted by molar-refractivity contribution is 5.38. The first-order valence-corrected chi connectivity index (χ1v) is 3.98. The fourth-order valence-electron chi connectivity index (χ4n) is 1.01. The van der Waals surface area contributed by atoms with Crippen LogP contribution in [0.1, 0.15) is 6.92 Å². The number of hydrogen-bond acceptors (Lipinski definition) is 1. The van der Waals surface area contributed by atoms with Crippen LogP contribution in [0.5, 0.6) is 0 Å². The molecule has 0 heterocycles. The standard InChI is InChI=1S/C11H13N/c1-2-3-6-10-7-4-5-8-11(10)9-12/h2-9H,12H2,1H3/b3-2-,10-6-,11-9-. The summed E-state index contributed by atoms with van der Waals surface area (Å²) in [5.74, 6) is 0. The average molecular weight is 159 g/mol. The first-order valence-electron chi connectivity index (χ1n) is 3.98. The van der Waals surface area contributed by atoms with Crippen LogP contribution in [0.4, 0.5) is 0 Å². The topological polar surface area (TPSA) is 26.0 Å². The molecule has 0 aliphatic rings. The van der Waals surface area contributed by atoms with Crippen molar-refractivity contribution in [2.24, 2.45) is 5.73 Å². The predicted molar refractivity (Wildman–Crippen MR) is 53.6 cm³/mol. The number of nitrogens with two attached hydrogens (primary N) is 1. The minimum Gasteiger partial charge on any atom is -0.404 e. The second kappa shape index (κ2) is 4.39. The Morgan fingerprint density at radius 3 is 2.42 bits per heavy atom. The van der Waals surface area contributed by atoms with Gasteiger partial charge < -0.3 is 5.73 Å². The van der Waals surface area contributed by atoms with Gasteiger partial charge in [0.25, 0.3) is 0 Å². The lowest BCUT2D eigenvalue weighted by Gasteiger charge is -1.86. The number of allylic oxidation sites excluding steroid dienone is 2. The average Bonchev–Trinajstić information content (AvgIpc) is 2.15. The summed E-state index contributed by atoms with van der Waals surface area (Å²) in [6, 6.07) is 8.02. The second-order valence-corrected chi connectivity index (χ2v) is 2.49. The SMILES string of the molecule is C\C=C/C=c1/cccc/c1=C/N. The molecule has 0 bridgehead atoms. The molecule has 12 heavy (non-hydrogen) atoms. The summed E-state index contributed by atoms with van der Waals surface area (Å²) in [5, 5.41) is 2.22. The Balaban J connectivity index is 3.33. The Bertz CT molecular complexity index is 374. The van der Waals surface area contributed by atoms with E-state index < -0.39 is 0 Å². The van der Waals surface area contributed by atoms with Crippen LogP contribution in [0.25, 0.3) is 12.3 Å². The van der Waals surface area contributed by atoms with E-state index in [-0.39, 0.29) is 0 Å². The zero-order valence-corrected chi connectivity index (χ0v) is 7.20. The van der Waals surface area contributed by atoms with Gasteiger partial charge in [0, 0.05) is 6.20 Å². The maximum Gasteiger partial charge on any atom is 0.00175 e. The van der Waals surface area contributed by atoms with Gasteiger partial charge >= 0.3 is 0 Å². The highest BCUT2D eigenvalue weighted by Crippen LogP contribution is 1.74. The molecule has 0 saturated heterocycles. The molecule has 1 aromatic rings. The van der Waals surface area contributed by atoms with E-state index in [1.54, 1.807) is 6.20 Å². The summed E-state index contributed by atoms with van der Waals surface area (Å²) in [4.78, 5) is 0. The van der Waals surface area contributed by atoms with Crippen molar-refractivity contribution in [2.45, 2.75) is 6.92 Å². The van der Waals surface area contributed by atoms with E-state index in [1.807, 2.05) is 49.4 Å². The van der Waals surface area contributed by atoms with E-state index in [0.717, 1.165) is 10.4 Å². The van der Waals surface area contributed by atoms with Crippen LogP contribution in [0, 0.1) is 0 Å². The van der Waals surface area contributed by atoms with Crippen molar-refractivity contribution in [3.05, 3.63) is 46.9 Å². The van der Waals surface area contributed by atoms with E-state index >= 15 is 0 Å². The molecule has 0 radical (unpaired) electrons. The fourth-order valence-corrected chi connectivity index (χ4v) is 1.01. The Kier molecular flexibility index (Phi) is 3.15. The molecule has 0 fully saturated rings. The van der Waals surface area contributed by atoms with Gasteiger partial charge in [-0.1, -0.05) is 42.5 Å². The molecule has 0 aromatic heterocycles. The molecule has 0 amide bonds. The van der Waals surface area contributed by atoms with Gasteiger partial charge in [-0.15, -0.1) is 0 Å². The van der Waals surface area contributed by atoms with Crippen molar-refractivity contribution in [2.75, 3.05) is 0 Å².